The highest BCUT2D eigenvalue weighted by atomic mass is 16.2. The lowest BCUT2D eigenvalue weighted by Gasteiger charge is -2.40. The van der Waals surface area contributed by atoms with E-state index >= 15 is 0 Å². The number of carbonyl (C=O) groups is 1. The first-order chi connectivity index (χ1) is 14.4. The number of aryl methyl sites for hydroxylation is 3. The van der Waals surface area contributed by atoms with Crippen molar-refractivity contribution in [1.29, 1.82) is 10.5 Å². The zero-order chi connectivity index (χ0) is 21.4. The molecule has 0 radical (unpaired) electrons. The molecular formula is C24H21N5O. The van der Waals surface area contributed by atoms with Crippen LogP contribution in [0, 0.1) is 43.4 Å². The number of aromatic amines is 1. The van der Waals surface area contributed by atoms with Gasteiger partial charge in [0.15, 0.2) is 5.69 Å². The van der Waals surface area contributed by atoms with Crippen LogP contribution in [0.15, 0.2) is 36.4 Å². The molecular weight excluding hydrogens is 374 g/mol. The van der Waals surface area contributed by atoms with Gasteiger partial charge in [-0.05, 0) is 55.7 Å². The van der Waals surface area contributed by atoms with Gasteiger partial charge in [-0.15, -0.1) is 0 Å². The smallest absolute Gasteiger partial charge is 0.254 e. The van der Waals surface area contributed by atoms with Gasteiger partial charge in [0, 0.05) is 30.1 Å². The minimum Gasteiger partial charge on any atom is -0.341 e. The number of nitriles is 2. The number of carbonyl (C=O) groups excluding carboxylic acids is 1. The first kappa shape index (κ1) is 19.4. The number of H-pyrrole nitrogens is 1. The Balaban J connectivity index is 1.58. The van der Waals surface area contributed by atoms with Crippen LogP contribution in [0.4, 0.5) is 0 Å². The predicted octanol–water partition coefficient (Wildman–Crippen LogP) is 3.98. The molecule has 0 atom stereocenters. The van der Waals surface area contributed by atoms with Crippen LogP contribution in [0.3, 0.4) is 0 Å². The molecule has 1 aliphatic heterocycles. The molecule has 148 valence electrons. The Morgan fingerprint density at radius 3 is 2.40 bits per heavy atom. The molecule has 6 heteroatoms. The summed E-state index contributed by atoms with van der Waals surface area (Å²) in [7, 11) is 0. The maximum Gasteiger partial charge on any atom is 0.254 e. The highest BCUT2D eigenvalue weighted by molar-refractivity contribution is 5.98. The fraction of sp³-hybridized carbons (Fsp3) is 0.250. The van der Waals surface area contributed by atoms with Crippen LogP contribution in [0.1, 0.15) is 50.0 Å². The number of hydrogen-bond acceptors (Lipinski definition) is 4. The number of benzene rings is 2. The summed E-state index contributed by atoms with van der Waals surface area (Å²) in [6.07, 6.45) is 0. The Kier molecular flexibility index (Phi) is 4.85. The normalized spacial score (nSPS) is 13.4. The fourth-order valence-corrected chi connectivity index (χ4v) is 3.97. The quantitative estimate of drug-likeness (QED) is 0.725. The molecule has 1 saturated heterocycles. The predicted molar refractivity (Wildman–Crippen MR) is 113 cm³/mol. The number of likely N-dealkylation sites (tertiary alicyclic amines) is 1. The summed E-state index contributed by atoms with van der Waals surface area (Å²) in [5, 5.41) is 18.3. The van der Waals surface area contributed by atoms with E-state index in [1.165, 1.54) is 0 Å². The van der Waals surface area contributed by atoms with Crippen LogP contribution in [-0.4, -0.2) is 33.9 Å². The van der Waals surface area contributed by atoms with Crippen LogP contribution >= 0.6 is 0 Å². The molecule has 1 amide bonds. The lowest BCUT2D eigenvalue weighted by Crippen LogP contribution is -2.48. The number of rotatable bonds is 3. The molecule has 30 heavy (non-hydrogen) atoms. The molecule has 6 nitrogen and oxygen atoms in total. The number of nitrogens with one attached hydrogen (secondary N) is 1. The average molecular weight is 395 g/mol. The van der Waals surface area contributed by atoms with Gasteiger partial charge in [-0.25, -0.2) is 4.98 Å². The van der Waals surface area contributed by atoms with Crippen molar-refractivity contribution in [2.24, 2.45) is 0 Å². The number of imidazole rings is 1. The topological polar surface area (TPSA) is 96.6 Å². The van der Waals surface area contributed by atoms with Crippen molar-refractivity contribution < 1.29 is 4.79 Å². The molecule has 2 aromatic carbocycles. The summed E-state index contributed by atoms with van der Waals surface area (Å²) < 4.78 is 0. The van der Waals surface area contributed by atoms with E-state index in [2.05, 4.69) is 22.1 Å². The molecule has 4 rings (SSSR count). The largest absolute Gasteiger partial charge is 0.341 e. The van der Waals surface area contributed by atoms with Gasteiger partial charge < -0.3 is 9.88 Å². The summed E-state index contributed by atoms with van der Waals surface area (Å²) in [4.78, 5) is 22.4. The summed E-state index contributed by atoms with van der Waals surface area (Å²) in [6, 6.07) is 15.7. The summed E-state index contributed by atoms with van der Waals surface area (Å²) in [5.41, 5.74) is 6.14. The van der Waals surface area contributed by atoms with Gasteiger partial charge in [0.25, 0.3) is 5.91 Å². The highest BCUT2D eigenvalue weighted by Crippen LogP contribution is 2.32. The lowest BCUT2D eigenvalue weighted by atomic mass is 9.89. The summed E-state index contributed by atoms with van der Waals surface area (Å²) >= 11 is 0. The van der Waals surface area contributed by atoms with Gasteiger partial charge >= 0.3 is 0 Å². The van der Waals surface area contributed by atoms with Crippen molar-refractivity contribution in [2.45, 2.75) is 26.7 Å². The number of amides is 1. The van der Waals surface area contributed by atoms with Gasteiger partial charge in [0.2, 0.25) is 0 Å². The van der Waals surface area contributed by atoms with Crippen molar-refractivity contribution in [3.63, 3.8) is 0 Å². The average Bonchev–Trinajstić information content (AvgIpc) is 3.08. The first-order valence-corrected chi connectivity index (χ1v) is 9.79. The van der Waals surface area contributed by atoms with E-state index in [-0.39, 0.29) is 11.8 Å². The molecule has 0 spiro atoms. The number of nitrogens with zero attached hydrogens (tertiary/aromatic N) is 4. The van der Waals surface area contributed by atoms with E-state index < -0.39 is 0 Å². The standard InChI is InChI=1S/C24H21N5O/c1-14-8-15(2)21(9-20(14)23-22(11-26)27-16(3)28-23)24(30)29-12-19(13-29)18-6-4-17(10-25)5-7-18/h4-9,19H,12-13H2,1-3H3,(H,27,28). The second-order valence-corrected chi connectivity index (χ2v) is 7.78. The molecule has 2 heterocycles. The maximum atomic E-state index is 13.2. The van der Waals surface area contributed by atoms with Gasteiger partial charge in [0.05, 0.1) is 17.3 Å². The van der Waals surface area contributed by atoms with Crippen molar-refractivity contribution in [1.82, 2.24) is 14.9 Å². The molecule has 0 saturated carbocycles. The molecule has 1 N–H and O–H groups in total. The Morgan fingerprint density at radius 2 is 1.77 bits per heavy atom. The van der Waals surface area contributed by atoms with Crippen LogP contribution in [0.2, 0.25) is 0 Å². The zero-order valence-corrected chi connectivity index (χ0v) is 17.2. The third-order valence-electron chi connectivity index (χ3n) is 5.68. The summed E-state index contributed by atoms with van der Waals surface area (Å²) in [6.45, 7) is 7.02. The molecule has 3 aromatic rings. The highest BCUT2D eigenvalue weighted by Gasteiger charge is 2.33. The number of hydrogen-bond donors (Lipinski definition) is 1. The van der Waals surface area contributed by atoms with Gasteiger partial charge in [-0.1, -0.05) is 18.2 Å². The van der Waals surface area contributed by atoms with E-state index in [0.29, 0.717) is 41.4 Å². The molecule has 1 aliphatic rings. The lowest BCUT2D eigenvalue weighted by molar-refractivity contribution is 0.0601. The Bertz CT molecular complexity index is 1220. The molecule has 1 aromatic heterocycles. The van der Waals surface area contributed by atoms with E-state index in [1.807, 2.05) is 62.1 Å². The molecule has 0 aliphatic carbocycles. The Morgan fingerprint density at radius 1 is 1.07 bits per heavy atom. The minimum absolute atomic E-state index is 0.00612. The van der Waals surface area contributed by atoms with Crippen molar-refractivity contribution >= 4 is 5.91 Å². The molecule has 1 fully saturated rings. The van der Waals surface area contributed by atoms with Gasteiger partial charge in [-0.3, -0.25) is 4.79 Å². The van der Waals surface area contributed by atoms with Gasteiger partial charge in [0.1, 0.15) is 11.9 Å². The zero-order valence-electron chi connectivity index (χ0n) is 17.2. The van der Waals surface area contributed by atoms with Crippen LogP contribution < -0.4 is 0 Å². The van der Waals surface area contributed by atoms with Crippen LogP contribution in [-0.2, 0) is 0 Å². The Hall–Kier alpha value is -3.90. The van der Waals surface area contributed by atoms with Gasteiger partial charge in [-0.2, -0.15) is 10.5 Å². The van der Waals surface area contributed by atoms with Crippen LogP contribution in [0.5, 0.6) is 0 Å². The van der Waals surface area contributed by atoms with Crippen molar-refractivity contribution in [3.8, 4) is 23.4 Å². The van der Waals surface area contributed by atoms with Crippen LogP contribution in [0.25, 0.3) is 11.3 Å². The van der Waals surface area contributed by atoms with E-state index in [4.69, 9.17) is 5.26 Å². The maximum absolute atomic E-state index is 13.2. The van der Waals surface area contributed by atoms with Crippen molar-refractivity contribution in [3.05, 3.63) is 75.7 Å². The molecule has 0 unspecified atom stereocenters. The first-order valence-electron chi connectivity index (χ1n) is 9.79. The fourth-order valence-electron chi connectivity index (χ4n) is 3.97. The monoisotopic (exact) mass is 395 g/mol. The minimum atomic E-state index is -0.00612. The third-order valence-corrected chi connectivity index (χ3v) is 5.68. The number of aromatic nitrogens is 2. The summed E-state index contributed by atoms with van der Waals surface area (Å²) in [5.74, 6) is 0.947. The van der Waals surface area contributed by atoms with E-state index in [1.54, 1.807) is 0 Å². The van der Waals surface area contributed by atoms with E-state index in [9.17, 15) is 10.1 Å². The SMILES string of the molecule is Cc1nc(C#N)c(-c2cc(C(=O)N3CC(c4ccc(C#N)cc4)C3)c(C)cc2C)[nH]1. The van der Waals surface area contributed by atoms with E-state index in [0.717, 1.165) is 22.3 Å². The van der Waals surface area contributed by atoms with Crippen molar-refractivity contribution in [2.75, 3.05) is 13.1 Å². The second-order valence-electron chi connectivity index (χ2n) is 7.78. The second kappa shape index (κ2) is 7.50. The molecule has 0 bridgehead atoms. The third kappa shape index (κ3) is 3.33. The Labute approximate surface area is 175 Å².